The van der Waals surface area contributed by atoms with E-state index in [1.54, 1.807) is 0 Å². The van der Waals surface area contributed by atoms with E-state index in [2.05, 4.69) is 53.2 Å². The van der Waals surface area contributed by atoms with Gasteiger partial charge in [0.1, 0.15) is 0 Å². The molecule has 2 unspecified atom stereocenters. The van der Waals surface area contributed by atoms with Crippen LogP contribution in [0.2, 0.25) is 0 Å². The van der Waals surface area contributed by atoms with Crippen molar-refractivity contribution in [2.45, 2.75) is 32.2 Å². The summed E-state index contributed by atoms with van der Waals surface area (Å²) >= 11 is 0. The van der Waals surface area contributed by atoms with Gasteiger partial charge in [0.15, 0.2) is 5.96 Å². The first-order chi connectivity index (χ1) is 9.25. The highest BCUT2D eigenvalue weighted by atomic mass is 15.3. The lowest BCUT2D eigenvalue weighted by Gasteiger charge is -2.33. The minimum Gasteiger partial charge on any atom is -0.370 e. The molecule has 3 rings (SSSR count). The van der Waals surface area contributed by atoms with E-state index >= 15 is 0 Å². The fourth-order valence-corrected chi connectivity index (χ4v) is 3.14. The number of rotatable bonds is 2. The second-order valence-corrected chi connectivity index (χ2v) is 5.52. The fourth-order valence-electron chi connectivity index (χ4n) is 3.14. The Hall–Kier alpha value is -1.77. The molecule has 1 aromatic rings. The Morgan fingerprint density at radius 1 is 1.32 bits per heavy atom. The van der Waals surface area contributed by atoms with Gasteiger partial charge in [0, 0.05) is 5.69 Å². The Kier molecular flexibility index (Phi) is 3.28. The summed E-state index contributed by atoms with van der Waals surface area (Å²) in [5.74, 6) is 1.33. The average molecular weight is 255 g/mol. The number of anilines is 1. The molecule has 19 heavy (non-hydrogen) atoms. The summed E-state index contributed by atoms with van der Waals surface area (Å²) in [5, 5.41) is 0. The van der Waals surface area contributed by atoms with Crippen LogP contribution in [0.3, 0.4) is 0 Å². The largest absolute Gasteiger partial charge is 0.370 e. The molecule has 1 aliphatic heterocycles. The van der Waals surface area contributed by atoms with Crippen molar-refractivity contribution in [1.82, 2.24) is 0 Å². The minimum atomic E-state index is 0.423. The summed E-state index contributed by atoms with van der Waals surface area (Å²) in [6.07, 6.45) is 8.16. The SMILES string of the molecule is Cc1cccc(N2C(N)=NCC2C2CC=CCC2)c1. The van der Waals surface area contributed by atoms with Crippen molar-refractivity contribution in [2.75, 3.05) is 11.4 Å². The molecule has 0 fully saturated rings. The van der Waals surface area contributed by atoms with Crippen molar-refractivity contribution in [3.63, 3.8) is 0 Å². The van der Waals surface area contributed by atoms with E-state index in [1.807, 2.05) is 0 Å². The second kappa shape index (κ2) is 5.08. The normalized spacial score (nSPS) is 26.6. The monoisotopic (exact) mass is 255 g/mol. The molecule has 100 valence electrons. The minimum absolute atomic E-state index is 0.423. The number of aliphatic imine (C=N–C) groups is 1. The van der Waals surface area contributed by atoms with Crippen LogP contribution in [0.25, 0.3) is 0 Å². The Balaban J connectivity index is 1.88. The van der Waals surface area contributed by atoms with Crippen LogP contribution in [0.4, 0.5) is 5.69 Å². The zero-order valence-corrected chi connectivity index (χ0v) is 11.4. The van der Waals surface area contributed by atoms with E-state index in [-0.39, 0.29) is 0 Å². The van der Waals surface area contributed by atoms with E-state index in [1.165, 1.54) is 24.1 Å². The molecule has 2 atom stereocenters. The number of aryl methyl sites for hydroxylation is 1. The summed E-state index contributed by atoms with van der Waals surface area (Å²) in [4.78, 5) is 6.71. The van der Waals surface area contributed by atoms with Crippen LogP contribution < -0.4 is 10.6 Å². The number of allylic oxidation sites excluding steroid dienone is 2. The van der Waals surface area contributed by atoms with Crippen molar-refractivity contribution >= 4 is 11.6 Å². The number of nitrogens with zero attached hydrogens (tertiary/aromatic N) is 2. The third kappa shape index (κ3) is 2.37. The van der Waals surface area contributed by atoms with Crippen molar-refractivity contribution in [1.29, 1.82) is 0 Å². The molecular formula is C16H21N3. The molecule has 0 spiro atoms. The number of nitrogens with two attached hydrogens (primary N) is 1. The topological polar surface area (TPSA) is 41.6 Å². The summed E-state index contributed by atoms with van der Waals surface area (Å²) < 4.78 is 0. The molecule has 0 radical (unpaired) electrons. The van der Waals surface area contributed by atoms with Crippen LogP contribution in [0, 0.1) is 12.8 Å². The van der Waals surface area contributed by atoms with Gasteiger partial charge in [0.25, 0.3) is 0 Å². The molecule has 3 heteroatoms. The van der Waals surface area contributed by atoms with Crippen LogP contribution in [-0.4, -0.2) is 18.5 Å². The number of hydrogen-bond donors (Lipinski definition) is 1. The van der Waals surface area contributed by atoms with E-state index < -0.39 is 0 Å². The zero-order chi connectivity index (χ0) is 13.2. The van der Waals surface area contributed by atoms with Crippen molar-refractivity contribution < 1.29 is 0 Å². The van der Waals surface area contributed by atoms with Gasteiger partial charge in [-0.05, 0) is 49.8 Å². The fraction of sp³-hybridized carbons (Fsp3) is 0.438. The molecule has 2 N–H and O–H groups in total. The Morgan fingerprint density at radius 2 is 2.21 bits per heavy atom. The summed E-state index contributed by atoms with van der Waals surface area (Å²) in [7, 11) is 0. The first-order valence-electron chi connectivity index (χ1n) is 7.06. The third-order valence-electron chi connectivity index (χ3n) is 4.15. The molecule has 1 heterocycles. The van der Waals surface area contributed by atoms with E-state index in [9.17, 15) is 0 Å². The molecule has 3 nitrogen and oxygen atoms in total. The number of guanidine groups is 1. The highest BCUT2D eigenvalue weighted by Gasteiger charge is 2.33. The molecule has 1 aromatic carbocycles. The smallest absolute Gasteiger partial charge is 0.196 e. The lowest BCUT2D eigenvalue weighted by atomic mass is 9.87. The molecule has 1 aliphatic carbocycles. The predicted molar refractivity (Wildman–Crippen MR) is 80.4 cm³/mol. The van der Waals surface area contributed by atoms with Gasteiger partial charge in [-0.3, -0.25) is 4.99 Å². The Morgan fingerprint density at radius 3 is 2.95 bits per heavy atom. The van der Waals surface area contributed by atoms with Gasteiger partial charge < -0.3 is 10.6 Å². The summed E-state index contributed by atoms with van der Waals surface area (Å²) in [5.41, 5.74) is 8.56. The maximum atomic E-state index is 6.12. The van der Waals surface area contributed by atoms with Gasteiger partial charge in [-0.1, -0.05) is 24.3 Å². The van der Waals surface area contributed by atoms with Gasteiger partial charge in [-0.25, -0.2) is 0 Å². The Bertz CT molecular complexity index is 518. The molecule has 0 amide bonds. The molecular weight excluding hydrogens is 234 g/mol. The lowest BCUT2D eigenvalue weighted by molar-refractivity contribution is 0.404. The third-order valence-corrected chi connectivity index (χ3v) is 4.15. The van der Waals surface area contributed by atoms with Crippen molar-refractivity contribution in [3.8, 4) is 0 Å². The van der Waals surface area contributed by atoms with Crippen molar-refractivity contribution in [2.24, 2.45) is 16.6 Å². The van der Waals surface area contributed by atoms with E-state index in [0.717, 1.165) is 13.0 Å². The van der Waals surface area contributed by atoms with Crippen LogP contribution >= 0.6 is 0 Å². The highest BCUT2D eigenvalue weighted by Crippen LogP contribution is 2.31. The van der Waals surface area contributed by atoms with Gasteiger partial charge in [-0.2, -0.15) is 0 Å². The summed E-state index contributed by atoms with van der Waals surface area (Å²) in [6.45, 7) is 2.95. The van der Waals surface area contributed by atoms with E-state index in [4.69, 9.17) is 5.73 Å². The first-order valence-corrected chi connectivity index (χ1v) is 7.06. The quantitative estimate of drug-likeness (QED) is 0.826. The van der Waals surface area contributed by atoms with Gasteiger partial charge >= 0.3 is 0 Å². The molecule has 0 bridgehead atoms. The number of benzene rings is 1. The average Bonchev–Trinajstić information content (AvgIpc) is 2.82. The first kappa shape index (κ1) is 12.3. The maximum Gasteiger partial charge on any atom is 0.196 e. The molecule has 2 aliphatic rings. The maximum absolute atomic E-state index is 6.12. The van der Waals surface area contributed by atoms with Gasteiger partial charge in [-0.15, -0.1) is 0 Å². The van der Waals surface area contributed by atoms with Crippen LogP contribution in [0.15, 0.2) is 41.4 Å². The van der Waals surface area contributed by atoms with Gasteiger partial charge in [0.2, 0.25) is 0 Å². The van der Waals surface area contributed by atoms with Crippen LogP contribution in [-0.2, 0) is 0 Å². The zero-order valence-electron chi connectivity index (χ0n) is 11.4. The molecule has 0 saturated carbocycles. The van der Waals surface area contributed by atoms with Crippen LogP contribution in [0.5, 0.6) is 0 Å². The molecule has 0 saturated heterocycles. The highest BCUT2D eigenvalue weighted by molar-refractivity contribution is 5.97. The standard InChI is InChI=1S/C16H21N3/c1-12-6-5-9-14(10-12)19-15(11-18-16(19)17)13-7-3-2-4-8-13/h2-3,5-6,9-10,13,15H,4,7-8,11H2,1H3,(H2,17,18). The number of hydrogen-bond acceptors (Lipinski definition) is 3. The lowest BCUT2D eigenvalue weighted by Crippen LogP contribution is -2.45. The van der Waals surface area contributed by atoms with Gasteiger partial charge in [0.05, 0.1) is 12.6 Å². The molecule has 0 aromatic heterocycles. The predicted octanol–water partition coefficient (Wildman–Crippen LogP) is 2.85. The van der Waals surface area contributed by atoms with Crippen LogP contribution in [0.1, 0.15) is 24.8 Å². The second-order valence-electron chi connectivity index (χ2n) is 5.52. The van der Waals surface area contributed by atoms with E-state index in [0.29, 0.717) is 17.9 Å². The summed E-state index contributed by atoms with van der Waals surface area (Å²) in [6, 6.07) is 8.96. The van der Waals surface area contributed by atoms with Crippen molar-refractivity contribution in [3.05, 3.63) is 42.0 Å². The Labute approximate surface area is 114 Å².